The standard InChI is InChI=1S/C30H28Cl3NO5S/c1-40(36,37)21-5-2-4-18(12-21)19-14-30(35,15-19)23-11-10-20(13-26(23)33)38-16-22-28(34-39-29(22)17-8-9-17)27-24(31)6-3-7-25(27)32/h2-7,10,12-13,17,19,23,35H,8-9,11,14-16H2,1H3. The van der Waals surface area contributed by atoms with Crippen LogP contribution in [0.1, 0.15) is 60.8 Å². The summed E-state index contributed by atoms with van der Waals surface area (Å²) in [5.74, 6) is 1.53. The van der Waals surface area contributed by atoms with E-state index in [0.717, 1.165) is 29.7 Å². The van der Waals surface area contributed by atoms with Gasteiger partial charge < -0.3 is 14.4 Å². The molecule has 40 heavy (non-hydrogen) atoms. The lowest BCUT2D eigenvalue weighted by Gasteiger charge is -2.49. The van der Waals surface area contributed by atoms with Crippen molar-refractivity contribution in [3.63, 3.8) is 0 Å². The number of rotatable bonds is 8. The van der Waals surface area contributed by atoms with Crippen LogP contribution in [0.3, 0.4) is 0 Å². The number of nitrogens with zero attached hydrogens (tertiary/aromatic N) is 1. The van der Waals surface area contributed by atoms with Crippen molar-refractivity contribution in [3.05, 3.63) is 92.3 Å². The lowest BCUT2D eigenvalue weighted by molar-refractivity contribution is -0.0837. The zero-order valence-electron chi connectivity index (χ0n) is 21.7. The minimum absolute atomic E-state index is 0.0716. The second-order valence-corrected chi connectivity index (χ2v) is 14.3. The Morgan fingerprint density at radius 2 is 1.77 bits per heavy atom. The van der Waals surface area contributed by atoms with Gasteiger partial charge in [0.1, 0.15) is 23.8 Å². The summed E-state index contributed by atoms with van der Waals surface area (Å²) in [7, 11) is -3.29. The van der Waals surface area contributed by atoms with Crippen LogP contribution in [0.25, 0.3) is 11.3 Å². The molecule has 0 amide bonds. The van der Waals surface area contributed by atoms with Crippen molar-refractivity contribution >= 4 is 44.6 Å². The van der Waals surface area contributed by atoms with Gasteiger partial charge in [0.25, 0.3) is 0 Å². The monoisotopic (exact) mass is 619 g/mol. The molecule has 0 spiro atoms. The van der Waals surface area contributed by atoms with E-state index >= 15 is 0 Å². The maximum Gasteiger partial charge on any atom is 0.175 e. The van der Waals surface area contributed by atoms with Gasteiger partial charge in [-0.2, -0.15) is 0 Å². The van der Waals surface area contributed by atoms with Gasteiger partial charge in [0.2, 0.25) is 0 Å². The number of hydrogen-bond donors (Lipinski definition) is 1. The Labute approximate surface area is 248 Å². The van der Waals surface area contributed by atoms with Gasteiger partial charge in [-0.15, -0.1) is 0 Å². The first-order chi connectivity index (χ1) is 19.0. The summed E-state index contributed by atoms with van der Waals surface area (Å²) in [6.45, 7) is 0.215. The van der Waals surface area contributed by atoms with Crippen LogP contribution in [-0.2, 0) is 21.2 Å². The van der Waals surface area contributed by atoms with Gasteiger partial charge in [-0.1, -0.05) is 58.2 Å². The highest BCUT2D eigenvalue weighted by Crippen LogP contribution is 2.53. The quantitative estimate of drug-likeness (QED) is 0.277. The SMILES string of the molecule is CS(=O)(=O)c1cccc(C2CC(O)(C3CC=C(OCc4c(-c5c(Cl)cccc5Cl)noc4C4CC4)C=C3Cl)C2)c1. The number of hydrogen-bond acceptors (Lipinski definition) is 6. The minimum Gasteiger partial charge on any atom is -0.489 e. The number of sulfone groups is 1. The molecule has 0 radical (unpaired) electrons. The van der Waals surface area contributed by atoms with Crippen molar-refractivity contribution in [2.24, 2.45) is 5.92 Å². The summed E-state index contributed by atoms with van der Waals surface area (Å²) in [6.07, 6.45) is 8.51. The van der Waals surface area contributed by atoms with Crippen LogP contribution in [0.4, 0.5) is 0 Å². The van der Waals surface area contributed by atoms with Crippen LogP contribution in [0.5, 0.6) is 0 Å². The van der Waals surface area contributed by atoms with Crippen LogP contribution < -0.4 is 0 Å². The molecule has 1 heterocycles. The minimum atomic E-state index is -3.29. The highest BCUT2D eigenvalue weighted by atomic mass is 35.5. The zero-order chi connectivity index (χ0) is 28.2. The molecule has 1 N–H and O–H groups in total. The fourth-order valence-electron chi connectivity index (χ4n) is 5.74. The van der Waals surface area contributed by atoms with E-state index < -0.39 is 15.4 Å². The van der Waals surface area contributed by atoms with Crippen molar-refractivity contribution in [2.75, 3.05) is 6.26 Å². The van der Waals surface area contributed by atoms with Gasteiger partial charge in [-0.25, -0.2) is 8.42 Å². The Morgan fingerprint density at radius 3 is 2.42 bits per heavy atom. The fourth-order valence-corrected chi connectivity index (χ4v) is 7.39. The third kappa shape index (κ3) is 5.35. The smallest absolute Gasteiger partial charge is 0.175 e. The van der Waals surface area contributed by atoms with E-state index in [2.05, 4.69) is 5.16 Å². The topological polar surface area (TPSA) is 89.6 Å². The molecule has 10 heteroatoms. The van der Waals surface area contributed by atoms with Crippen LogP contribution in [-0.4, -0.2) is 30.5 Å². The number of aromatic nitrogens is 1. The van der Waals surface area contributed by atoms with Crippen LogP contribution in [0.15, 0.2) is 74.8 Å². The van der Waals surface area contributed by atoms with Gasteiger partial charge in [0.05, 0.1) is 26.1 Å². The summed E-state index contributed by atoms with van der Waals surface area (Å²) >= 11 is 19.6. The van der Waals surface area contributed by atoms with Crippen molar-refractivity contribution < 1.29 is 22.8 Å². The number of halogens is 3. The molecule has 1 aromatic heterocycles. The molecule has 3 aliphatic rings. The second-order valence-electron chi connectivity index (χ2n) is 11.0. The zero-order valence-corrected chi connectivity index (χ0v) is 24.8. The number of allylic oxidation sites excluding steroid dienone is 2. The molecule has 2 saturated carbocycles. The van der Waals surface area contributed by atoms with Crippen molar-refractivity contribution in [2.45, 2.75) is 61.0 Å². The Kier molecular flexibility index (Phi) is 7.33. The Hall–Kier alpha value is -2.29. The summed E-state index contributed by atoms with van der Waals surface area (Å²) in [5.41, 5.74) is 1.97. The molecule has 0 bridgehead atoms. The third-order valence-electron chi connectivity index (χ3n) is 8.12. The lowest BCUT2D eigenvalue weighted by atomic mass is 9.61. The summed E-state index contributed by atoms with van der Waals surface area (Å²) in [4.78, 5) is 0.290. The molecular weight excluding hydrogens is 593 g/mol. The van der Waals surface area contributed by atoms with Crippen molar-refractivity contribution in [3.8, 4) is 11.3 Å². The molecule has 1 atom stereocenters. The van der Waals surface area contributed by atoms with Gasteiger partial charge in [-0.3, -0.25) is 0 Å². The maximum absolute atomic E-state index is 12.0. The number of benzene rings is 2. The molecule has 1 unspecified atom stereocenters. The molecule has 0 aliphatic heterocycles. The normalized spacial score (nSPS) is 24.7. The van der Waals surface area contributed by atoms with Crippen molar-refractivity contribution in [1.29, 1.82) is 0 Å². The van der Waals surface area contributed by atoms with E-state index in [1.165, 1.54) is 6.26 Å². The Balaban J connectivity index is 1.14. The van der Waals surface area contributed by atoms with Crippen LogP contribution in [0.2, 0.25) is 10.0 Å². The van der Waals surface area contributed by atoms with E-state index in [1.54, 1.807) is 42.5 Å². The molecule has 3 aliphatic carbocycles. The summed E-state index contributed by atoms with van der Waals surface area (Å²) in [6, 6.07) is 12.3. The first-order valence-corrected chi connectivity index (χ1v) is 16.2. The fraction of sp³-hybridized carbons (Fsp3) is 0.367. The molecule has 3 aromatic rings. The van der Waals surface area contributed by atoms with E-state index in [-0.39, 0.29) is 18.4 Å². The molecule has 2 fully saturated rings. The molecular formula is C30H28Cl3NO5S. The molecule has 6 rings (SSSR count). The second kappa shape index (κ2) is 10.5. The predicted molar refractivity (Wildman–Crippen MR) is 155 cm³/mol. The van der Waals surface area contributed by atoms with E-state index in [1.807, 2.05) is 12.1 Å². The van der Waals surface area contributed by atoms with Crippen LogP contribution >= 0.6 is 34.8 Å². The average Bonchev–Trinajstić information content (AvgIpc) is 3.65. The van der Waals surface area contributed by atoms with Gasteiger partial charge in [-0.05, 0) is 80.0 Å². The van der Waals surface area contributed by atoms with E-state index in [9.17, 15) is 13.5 Å². The number of ether oxygens (including phenoxy) is 1. The maximum atomic E-state index is 12.0. The first-order valence-electron chi connectivity index (χ1n) is 13.2. The lowest BCUT2D eigenvalue weighted by Crippen LogP contribution is -2.49. The average molecular weight is 621 g/mol. The molecule has 210 valence electrons. The van der Waals surface area contributed by atoms with Crippen molar-refractivity contribution in [1.82, 2.24) is 5.16 Å². The van der Waals surface area contributed by atoms with Gasteiger partial charge in [0, 0.05) is 28.7 Å². The predicted octanol–water partition coefficient (Wildman–Crippen LogP) is 7.78. The molecule has 2 aromatic carbocycles. The highest BCUT2D eigenvalue weighted by molar-refractivity contribution is 7.90. The highest BCUT2D eigenvalue weighted by Gasteiger charge is 2.50. The summed E-state index contributed by atoms with van der Waals surface area (Å²) in [5, 5.41) is 17.2. The third-order valence-corrected chi connectivity index (χ3v) is 10.2. The Morgan fingerprint density at radius 1 is 1.07 bits per heavy atom. The Bertz CT molecular complexity index is 1610. The molecule has 6 nitrogen and oxygen atoms in total. The molecule has 0 saturated heterocycles. The van der Waals surface area contributed by atoms with E-state index in [0.29, 0.717) is 62.2 Å². The van der Waals surface area contributed by atoms with Crippen LogP contribution in [0, 0.1) is 5.92 Å². The first kappa shape index (κ1) is 27.9. The largest absolute Gasteiger partial charge is 0.489 e. The van der Waals surface area contributed by atoms with Gasteiger partial charge >= 0.3 is 0 Å². The number of aliphatic hydroxyl groups is 1. The summed E-state index contributed by atoms with van der Waals surface area (Å²) < 4.78 is 35.8. The van der Waals surface area contributed by atoms with Gasteiger partial charge in [0.15, 0.2) is 9.84 Å². The van der Waals surface area contributed by atoms with E-state index in [4.69, 9.17) is 44.1 Å².